The lowest BCUT2D eigenvalue weighted by Crippen LogP contribution is -2.19. The Kier molecular flexibility index (Phi) is 54.1. The van der Waals surface area contributed by atoms with Gasteiger partial charge in [-0.1, -0.05) is 309 Å². The van der Waals surface area contributed by atoms with Gasteiger partial charge < -0.3 is 23.4 Å². The Balaban J connectivity index is 0.000000766. The lowest BCUT2D eigenvalue weighted by Gasteiger charge is -2.20. The summed E-state index contributed by atoms with van der Waals surface area (Å²) in [6.45, 7) is 97.4. The van der Waals surface area contributed by atoms with Crippen molar-refractivity contribution < 1.29 is 8.83 Å². The predicted molar refractivity (Wildman–Crippen MR) is 610 cm³/mol. The normalized spacial score (nSPS) is 11.7. The van der Waals surface area contributed by atoms with Crippen molar-refractivity contribution in [2.45, 2.75) is 393 Å². The van der Waals surface area contributed by atoms with E-state index in [1.807, 2.05) is 134 Å². The molecule has 15 heterocycles. The molecule has 19 nitrogen and oxygen atoms in total. The summed E-state index contributed by atoms with van der Waals surface area (Å²) in [7, 11) is 0. The van der Waals surface area contributed by atoms with Crippen LogP contribution >= 0.6 is 22.7 Å². The first-order valence-electron chi connectivity index (χ1n) is 49.5. The fourth-order valence-corrected chi connectivity index (χ4v) is 12.7. The van der Waals surface area contributed by atoms with Crippen LogP contribution < -0.4 is 0 Å². The van der Waals surface area contributed by atoms with E-state index in [1.165, 1.54) is 56.6 Å². The highest BCUT2D eigenvalue weighted by atomic mass is 32.1. The summed E-state index contributed by atoms with van der Waals surface area (Å²) in [4.78, 5) is 64.0. The van der Waals surface area contributed by atoms with Crippen LogP contribution in [-0.4, -0.2) is 84.3 Å². The Morgan fingerprint density at radius 1 is 0.273 bits per heavy atom. The van der Waals surface area contributed by atoms with Crippen molar-refractivity contribution in [2.75, 3.05) is 0 Å². The van der Waals surface area contributed by atoms with Crippen molar-refractivity contribution in [3.8, 4) is 0 Å². The molecule has 782 valence electrons. The Morgan fingerprint density at radius 2 is 0.776 bits per heavy atom. The molecule has 0 radical (unpaired) electrons. The number of furan rings is 2. The molecule has 0 aliphatic heterocycles. The minimum Gasteiger partial charge on any atom is -0.472 e. The van der Waals surface area contributed by atoms with Crippen LogP contribution in [0.4, 0.5) is 0 Å². The summed E-state index contributed by atoms with van der Waals surface area (Å²) in [6, 6.07) is 40.7. The second kappa shape index (κ2) is 59.7. The number of hydrogen-bond donors (Lipinski definition) is 2. The van der Waals surface area contributed by atoms with E-state index >= 15 is 0 Å². The van der Waals surface area contributed by atoms with Crippen molar-refractivity contribution in [2.24, 2.45) is 0 Å². The topological polar surface area (TPSA) is 243 Å². The van der Waals surface area contributed by atoms with Crippen molar-refractivity contribution in [3.05, 3.63) is 372 Å². The average molecular weight is 1990 g/mol. The quantitative estimate of drug-likeness (QED) is 0.143. The number of H-pyrrole nitrogens is 2. The molecule has 0 saturated carbocycles. The lowest BCUT2D eigenvalue weighted by molar-refractivity contribution is 0.398. The van der Waals surface area contributed by atoms with Crippen molar-refractivity contribution in [1.82, 2.24) is 84.3 Å². The molecule has 21 heteroatoms. The number of hydrogen-bond acceptors (Lipinski definition) is 18. The maximum Gasteiger partial charge on any atom is 0.137 e. The van der Waals surface area contributed by atoms with Crippen molar-refractivity contribution in [1.29, 1.82) is 0 Å². The second-order valence-corrected chi connectivity index (χ2v) is 51.7. The first-order chi connectivity index (χ1) is 65.6. The summed E-state index contributed by atoms with van der Waals surface area (Å²) in [5.74, 6) is 2.78. The third kappa shape index (κ3) is 58.8. The van der Waals surface area contributed by atoms with E-state index < -0.39 is 0 Å². The van der Waals surface area contributed by atoms with Gasteiger partial charge in [-0.25, -0.2) is 44.9 Å². The van der Waals surface area contributed by atoms with Gasteiger partial charge in [-0.05, 0) is 211 Å². The molecule has 0 aromatic carbocycles. The van der Waals surface area contributed by atoms with Crippen LogP contribution in [0.3, 0.4) is 0 Å². The van der Waals surface area contributed by atoms with Gasteiger partial charge in [0.1, 0.15) is 42.7 Å². The first kappa shape index (κ1) is 130. The summed E-state index contributed by atoms with van der Waals surface area (Å²) >= 11 is 3.60. The van der Waals surface area contributed by atoms with Gasteiger partial charge in [0.2, 0.25) is 0 Å². The molecule has 2 N–H and O–H groups in total. The molecule has 0 amide bonds. The van der Waals surface area contributed by atoms with Crippen molar-refractivity contribution >= 4 is 22.7 Å². The zero-order valence-electron chi connectivity index (χ0n) is 96.6. The molecule has 15 aromatic rings. The van der Waals surface area contributed by atoms with Gasteiger partial charge in [0.25, 0.3) is 0 Å². The monoisotopic (exact) mass is 1980 g/mol. The molecule has 0 bridgehead atoms. The van der Waals surface area contributed by atoms with Crippen molar-refractivity contribution in [3.63, 3.8) is 0 Å². The molecule has 0 atom stereocenters. The molecule has 0 spiro atoms. The van der Waals surface area contributed by atoms with Crippen LogP contribution in [0.5, 0.6) is 0 Å². The summed E-state index contributed by atoms with van der Waals surface area (Å²) in [5, 5.41) is 6.46. The molecular formula is C122H185N17O2S2. The van der Waals surface area contributed by atoms with E-state index in [1.54, 1.807) is 86.2 Å². The number of aromatic nitrogens is 17. The van der Waals surface area contributed by atoms with Crippen LogP contribution in [0.25, 0.3) is 0 Å². The molecule has 0 fully saturated rings. The van der Waals surface area contributed by atoms with E-state index in [0.717, 1.165) is 34.5 Å². The Bertz CT molecular complexity index is 4500. The van der Waals surface area contributed by atoms with Crippen LogP contribution in [0.1, 0.15) is 390 Å². The third-order valence-corrected chi connectivity index (χ3v) is 22.5. The van der Waals surface area contributed by atoms with E-state index in [0.29, 0.717) is 16.2 Å². The highest BCUT2D eigenvalue weighted by Crippen LogP contribution is 2.31. The molecule has 0 aliphatic rings. The first-order valence-corrected chi connectivity index (χ1v) is 51.4. The molecule has 15 rings (SSSR count). The minimum atomic E-state index is 0.0307. The zero-order chi connectivity index (χ0) is 109. The third-order valence-electron chi connectivity index (χ3n) is 20.6. The summed E-state index contributed by atoms with van der Waals surface area (Å²) in [6.07, 6.45) is 45.0. The Hall–Kier alpha value is -11.4. The fraction of sp³-hybridized carbons (Fsp3) is 0.492. The highest BCUT2D eigenvalue weighted by molar-refractivity contribution is 7.10. The SMILES string of the molecule is CC(C)(C)c1cc[nH]c1.CC(C)(C)c1ccc[nH]1.CC(C)(C)c1ccccn1.CC(C)(C)c1cccnc1.CC(C)(C)c1ccco1.CC(C)(C)c1cccs1.CC(C)(C)c1ccncc1.CC(C)(C)c1ccncn1.CC(C)(C)c1ccoc1.CC(C)(C)c1ccsc1.CC(C)(C)c1cnccn1.CC(C)(C)c1cncnc1.CC(C)(C)c1ncccn1.CC(C)(C)c1ncncn1.CC(C)(C)n1cccc1. The summed E-state index contributed by atoms with van der Waals surface area (Å²) in [5.41, 5.74) is 15.5. The van der Waals surface area contributed by atoms with Crippen LogP contribution in [0.2, 0.25) is 0 Å². The fourth-order valence-electron chi connectivity index (χ4n) is 11.0. The van der Waals surface area contributed by atoms with Gasteiger partial charge in [-0.2, -0.15) is 11.3 Å². The highest BCUT2D eigenvalue weighted by Gasteiger charge is 2.23. The van der Waals surface area contributed by atoms with Gasteiger partial charge in [0.15, 0.2) is 0 Å². The Morgan fingerprint density at radius 3 is 1.04 bits per heavy atom. The van der Waals surface area contributed by atoms with Gasteiger partial charge in [-0.15, -0.1) is 11.3 Å². The van der Waals surface area contributed by atoms with E-state index in [2.05, 4.69) is 479 Å². The number of thiophene rings is 2. The maximum atomic E-state index is 5.20. The maximum absolute atomic E-state index is 5.20. The molecule has 0 saturated heterocycles. The molecule has 15 aromatic heterocycles. The van der Waals surface area contributed by atoms with E-state index in [9.17, 15) is 0 Å². The van der Waals surface area contributed by atoms with E-state index in [-0.39, 0.29) is 65.1 Å². The number of aromatic amines is 2. The van der Waals surface area contributed by atoms with E-state index in [4.69, 9.17) is 8.83 Å². The number of pyridine rings is 3. The van der Waals surface area contributed by atoms with Crippen LogP contribution in [0, 0.1) is 0 Å². The van der Waals surface area contributed by atoms with Gasteiger partial charge in [0.05, 0.1) is 24.5 Å². The minimum absolute atomic E-state index is 0.0307. The standard InChI is InChI=1S/3C9H13N.4C8H12N2.3C8H13N.2C8H12O.2C8H12S.C7H11N3/c1-9(2,3)8-4-6-10-7-5-8;1-9(2,3)8-5-4-6-10-7-8;1-9(2,3)8-6-4-5-7-10-8;1-8(2,3)7-4-9-6-10-5-7;1-8(2,3)7-6-9-4-5-10-7;1-8(2,3)7-4-5-9-6-10-7;1-8(2,3)7-9-5-4-6-10-7;1-8(2,3)7-4-5-9-6-7;1-8(2,3)9-6-4-5-7-9;1-8(2,3)7-5-4-6-9-7;1-8(2,3)7-4-5-9-6-7;1-8(2,3)7-5-4-6-9-7;1-8(2,3)7-4-5-9-6-7;1-8(2,3)7-5-4-6-9-7;1-7(2,3)6-9-4-8-5-10-6/h3*4-7H,1-3H3;4*4-6H,1-3H3;4-6,9H,1-3H3;4-7H,1-3H3;4-6,9H,1-3H3;4*4-6H,1-3H3;4-5H,1-3H3. The molecule has 0 aliphatic carbocycles. The molecule has 0 unspecified atom stereocenters. The van der Waals surface area contributed by atoms with Crippen LogP contribution in [0.15, 0.2) is 302 Å². The van der Waals surface area contributed by atoms with Gasteiger partial charge in [-0.3, -0.25) is 24.9 Å². The largest absolute Gasteiger partial charge is 0.472 e. The van der Waals surface area contributed by atoms with Gasteiger partial charge >= 0.3 is 0 Å². The smallest absolute Gasteiger partial charge is 0.137 e. The lowest BCUT2D eigenvalue weighted by atomic mass is 9.88. The number of rotatable bonds is 0. The number of nitrogens with zero attached hydrogens (tertiary/aromatic N) is 15. The number of nitrogens with one attached hydrogen (secondary N) is 2. The Labute approximate surface area is 874 Å². The average Bonchev–Trinajstić information content (AvgIpc) is 1.18. The molecular weight excluding hydrogens is 1800 g/mol. The predicted octanol–water partition coefficient (Wildman–Crippen LogP) is 33.5. The molecule has 143 heavy (non-hydrogen) atoms. The van der Waals surface area contributed by atoms with Gasteiger partial charge in [0, 0.05) is 177 Å². The summed E-state index contributed by atoms with van der Waals surface area (Å²) < 4.78 is 12.3. The zero-order valence-corrected chi connectivity index (χ0v) is 98.2. The second-order valence-electron chi connectivity index (χ2n) is 50.0. The van der Waals surface area contributed by atoms with Crippen LogP contribution in [-0.2, 0) is 81.3 Å².